The first kappa shape index (κ1) is 20.6. The van der Waals surface area contributed by atoms with Crippen molar-refractivity contribution in [2.24, 2.45) is 0 Å². The zero-order chi connectivity index (χ0) is 21.8. The van der Waals surface area contributed by atoms with Crippen LogP contribution < -0.4 is 14.8 Å². The van der Waals surface area contributed by atoms with Gasteiger partial charge in [0.2, 0.25) is 5.82 Å². The summed E-state index contributed by atoms with van der Waals surface area (Å²) in [4.78, 5) is 18.4. The average Bonchev–Trinajstić information content (AvgIpc) is 3.48. The number of amides is 1. The van der Waals surface area contributed by atoms with Gasteiger partial charge in [-0.1, -0.05) is 22.9 Å². The molecule has 0 aliphatic rings. The Morgan fingerprint density at radius 3 is 2.61 bits per heavy atom. The Kier molecular flexibility index (Phi) is 5.99. The Morgan fingerprint density at radius 1 is 1.06 bits per heavy atom. The number of nitrogens with zero attached hydrogens (tertiary/aromatic N) is 2. The zero-order valence-corrected chi connectivity index (χ0v) is 18.2. The van der Waals surface area contributed by atoms with Crippen LogP contribution in [0, 0.1) is 6.92 Å². The van der Waals surface area contributed by atoms with Crippen molar-refractivity contribution in [3.05, 3.63) is 70.6 Å². The lowest BCUT2D eigenvalue weighted by molar-refractivity contribution is 0.0954. The summed E-state index contributed by atoms with van der Waals surface area (Å²) in [5.74, 6) is 2.07. The molecule has 0 aliphatic heterocycles. The number of aromatic nitrogens is 2. The van der Waals surface area contributed by atoms with Crippen LogP contribution in [0.3, 0.4) is 0 Å². The van der Waals surface area contributed by atoms with Gasteiger partial charge in [0.05, 0.1) is 24.0 Å². The van der Waals surface area contributed by atoms with E-state index in [-0.39, 0.29) is 5.91 Å². The van der Waals surface area contributed by atoms with Gasteiger partial charge in [0.15, 0.2) is 0 Å². The molecule has 4 rings (SSSR count). The molecule has 1 amide bonds. The molecule has 0 aliphatic carbocycles. The normalized spacial score (nSPS) is 10.7. The van der Waals surface area contributed by atoms with Crippen LogP contribution >= 0.6 is 11.3 Å². The molecule has 0 saturated carbocycles. The van der Waals surface area contributed by atoms with Crippen molar-refractivity contribution >= 4 is 17.2 Å². The van der Waals surface area contributed by atoms with Crippen LogP contribution in [-0.4, -0.2) is 30.3 Å². The third kappa shape index (κ3) is 4.59. The third-order valence-corrected chi connectivity index (χ3v) is 5.79. The first-order valence-corrected chi connectivity index (χ1v) is 10.4. The molecule has 8 heteroatoms. The number of benzene rings is 2. The van der Waals surface area contributed by atoms with E-state index in [1.54, 1.807) is 26.4 Å². The molecule has 2 aromatic heterocycles. The van der Waals surface area contributed by atoms with Crippen LogP contribution in [-0.2, 0) is 6.54 Å². The molecule has 0 fully saturated rings. The summed E-state index contributed by atoms with van der Waals surface area (Å²) in [6, 6.07) is 16.9. The van der Waals surface area contributed by atoms with Crippen LogP contribution in [0.5, 0.6) is 11.5 Å². The minimum absolute atomic E-state index is 0.184. The van der Waals surface area contributed by atoms with E-state index in [2.05, 4.69) is 15.5 Å². The molecular formula is C23H21N3O4S. The van der Waals surface area contributed by atoms with Gasteiger partial charge in [-0.2, -0.15) is 4.98 Å². The average molecular weight is 436 g/mol. The minimum atomic E-state index is -0.184. The minimum Gasteiger partial charge on any atom is -0.497 e. The van der Waals surface area contributed by atoms with Gasteiger partial charge >= 0.3 is 0 Å². The van der Waals surface area contributed by atoms with Crippen molar-refractivity contribution in [1.82, 2.24) is 15.5 Å². The molecule has 7 nitrogen and oxygen atoms in total. The number of hydrogen-bond donors (Lipinski definition) is 1. The van der Waals surface area contributed by atoms with Crippen LogP contribution in [0.4, 0.5) is 0 Å². The first-order valence-electron chi connectivity index (χ1n) is 9.57. The lowest BCUT2D eigenvalue weighted by atomic mass is 10.1. The second kappa shape index (κ2) is 9.01. The van der Waals surface area contributed by atoms with Gasteiger partial charge in [0.25, 0.3) is 11.8 Å². The fourth-order valence-electron chi connectivity index (χ4n) is 2.98. The quantitative estimate of drug-likeness (QED) is 0.452. The number of hydrogen-bond acceptors (Lipinski definition) is 7. The Balaban J connectivity index is 1.44. The Labute approximate surface area is 183 Å². The Bertz CT molecular complexity index is 1200. The van der Waals surface area contributed by atoms with E-state index in [1.807, 2.05) is 49.4 Å². The van der Waals surface area contributed by atoms with Gasteiger partial charge in [0.1, 0.15) is 11.5 Å². The maximum absolute atomic E-state index is 12.6. The van der Waals surface area contributed by atoms with Crippen molar-refractivity contribution in [2.75, 3.05) is 14.2 Å². The predicted octanol–water partition coefficient (Wildman–Crippen LogP) is 4.72. The molecule has 2 aromatic carbocycles. The van der Waals surface area contributed by atoms with Crippen LogP contribution in [0.2, 0.25) is 0 Å². The van der Waals surface area contributed by atoms with Gasteiger partial charge in [-0.05, 0) is 43.3 Å². The van der Waals surface area contributed by atoms with Gasteiger partial charge in [-0.15, -0.1) is 11.3 Å². The fraction of sp³-hybridized carbons (Fsp3) is 0.174. The first-order chi connectivity index (χ1) is 15.1. The van der Waals surface area contributed by atoms with E-state index in [0.717, 1.165) is 21.6 Å². The number of rotatable bonds is 7. The molecule has 0 bridgehead atoms. The smallest absolute Gasteiger partial charge is 0.261 e. The number of carbonyl (C=O) groups is 1. The number of methoxy groups -OCH3 is 2. The number of ether oxygens (including phenoxy) is 2. The highest BCUT2D eigenvalue weighted by Crippen LogP contribution is 2.29. The molecule has 0 atom stereocenters. The molecule has 4 aromatic rings. The number of nitrogens with one attached hydrogen (secondary N) is 1. The number of thiophene rings is 1. The molecule has 0 unspecified atom stereocenters. The van der Waals surface area contributed by atoms with Gasteiger partial charge in [-0.3, -0.25) is 4.79 Å². The van der Waals surface area contributed by atoms with Crippen LogP contribution in [0.1, 0.15) is 20.8 Å². The van der Waals surface area contributed by atoms with Crippen LogP contribution in [0.25, 0.3) is 22.2 Å². The maximum atomic E-state index is 12.6. The second-order valence-corrected chi connectivity index (χ2v) is 7.90. The molecule has 158 valence electrons. The van der Waals surface area contributed by atoms with Crippen LogP contribution in [0.15, 0.2) is 59.1 Å². The largest absolute Gasteiger partial charge is 0.497 e. The molecule has 2 heterocycles. The van der Waals surface area contributed by atoms with Crippen molar-refractivity contribution in [3.63, 3.8) is 0 Å². The summed E-state index contributed by atoms with van der Waals surface area (Å²) in [6.07, 6.45) is 0. The molecule has 0 radical (unpaired) electrons. The SMILES string of the molecule is COc1ccc(CNC(=O)c2ccc(-c3noc(-c4ccc(C)cc4)n3)s2)c(OC)c1. The number of aryl methyl sites for hydroxylation is 1. The van der Waals surface area contributed by atoms with Crippen molar-refractivity contribution in [3.8, 4) is 33.7 Å². The molecule has 0 saturated heterocycles. The van der Waals surface area contributed by atoms with E-state index in [0.29, 0.717) is 34.6 Å². The Morgan fingerprint density at radius 2 is 1.87 bits per heavy atom. The highest BCUT2D eigenvalue weighted by molar-refractivity contribution is 7.17. The highest BCUT2D eigenvalue weighted by atomic mass is 32.1. The molecule has 1 N–H and O–H groups in total. The lowest BCUT2D eigenvalue weighted by Crippen LogP contribution is -2.22. The van der Waals surface area contributed by atoms with E-state index < -0.39 is 0 Å². The fourth-order valence-corrected chi connectivity index (χ4v) is 3.83. The highest BCUT2D eigenvalue weighted by Gasteiger charge is 2.16. The van der Waals surface area contributed by atoms with E-state index in [4.69, 9.17) is 14.0 Å². The van der Waals surface area contributed by atoms with E-state index in [9.17, 15) is 4.79 Å². The Hall–Kier alpha value is -3.65. The standard InChI is InChI=1S/C23H21N3O4S/c1-14-4-6-15(7-5-14)23-25-21(26-30-23)19-10-11-20(31-19)22(27)24-13-16-8-9-17(28-2)12-18(16)29-3/h4-12H,13H2,1-3H3,(H,24,27). The third-order valence-electron chi connectivity index (χ3n) is 4.71. The summed E-state index contributed by atoms with van der Waals surface area (Å²) >= 11 is 1.31. The predicted molar refractivity (Wildman–Crippen MR) is 119 cm³/mol. The summed E-state index contributed by atoms with van der Waals surface area (Å²) < 4.78 is 16.0. The monoisotopic (exact) mass is 435 g/mol. The molecular weight excluding hydrogens is 414 g/mol. The molecule has 0 spiro atoms. The summed E-state index contributed by atoms with van der Waals surface area (Å²) in [5, 5.41) is 6.97. The number of carbonyl (C=O) groups excluding carboxylic acids is 1. The maximum Gasteiger partial charge on any atom is 0.261 e. The summed E-state index contributed by atoms with van der Waals surface area (Å²) in [5.41, 5.74) is 2.87. The summed E-state index contributed by atoms with van der Waals surface area (Å²) in [6.45, 7) is 2.35. The van der Waals surface area contributed by atoms with Gasteiger partial charge < -0.3 is 19.3 Å². The summed E-state index contributed by atoms with van der Waals surface area (Å²) in [7, 11) is 3.18. The van der Waals surface area contributed by atoms with Crippen molar-refractivity contribution in [1.29, 1.82) is 0 Å². The second-order valence-electron chi connectivity index (χ2n) is 6.81. The molecule has 31 heavy (non-hydrogen) atoms. The van der Waals surface area contributed by atoms with Gasteiger partial charge in [0, 0.05) is 23.7 Å². The van der Waals surface area contributed by atoms with Crippen molar-refractivity contribution < 1.29 is 18.8 Å². The lowest BCUT2D eigenvalue weighted by Gasteiger charge is -2.11. The zero-order valence-electron chi connectivity index (χ0n) is 17.3. The topological polar surface area (TPSA) is 86.5 Å². The van der Waals surface area contributed by atoms with Gasteiger partial charge in [-0.25, -0.2) is 0 Å². The van der Waals surface area contributed by atoms with E-state index in [1.165, 1.54) is 11.3 Å². The van der Waals surface area contributed by atoms with Crippen molar-refractivity contribution in [2.45, 2.75) is 13.5 Å². The van der Waals surface area contributed by atoms with E-state index >= 15 is 0 Å².